The number of nitrogens with zero attached hydrogens (tertiary/aromatic N) is 3. The van der Waals surface area contributed by atoms with E-state index in [1.165, 1.54) is 17.3 Å². The average molecular weight is 431 g/mol. The minimum absolute atomic E-state index is 0.0726. The zero-order chi connectivity index (χ0) is 18.7. The highest BCUT2D eigenvalue weighted by atomic mass is 79.9. The van der Waals surface area contributed by atoms with E-state index in [0.29, 0.717) is 5.16 Å². The van der Waals surface area contributed by atoms with Gasteiger partial charge in [0.1, 0.15) is 0 Å². The molecule has 1 amide bonds. The summed E-state index contributed by atoms with van der Waals surface area (Å²) in [6.45, 7) is 4.04. The van der Waals surface area contributed by atoms with Crippen molar-refractivity contribution in [3.8, 4) is 11.4 Å². The Balaban J connectivity index is 1.63. The summed E-state index contributed by atoms with van der Waals surface area (Å²) in [7, 11) is 1.91. The van der Waals surface area contributed by atoms with Crippen LogP contribution in [0.3, 0.4) is 0 Å². The van der Waals surface area contributed by atoms with Crippen molar-refractivity contribution in [3.63, 3.8) is 0 Å². The molecule has 0 fully saturated rings. The van der Waals surface area contributed by atoms with Gasteiger partial charge < -0.3 is 9.88 Å². The van der Waals surface area contributed by atoms with E-state index in [1.54, 1.807) is 0 Å². The van der Waals surface area contributed by atoms with Crippen molar-refractivity contribution in [1.82, 2.24) is 14.8 Å². The van der Waals surface area contributed by atoms with Gasteiger partial charge in [-0.2, -0.15) is 0 Å². The predicted octanol–water partition coefficient (Wildman–Crippen LogP) is 4.59. The predicted molar refractivity (Wildman–Crippen MR) is 109 cm³/mol. The summed E-state index contributed by atoms with van der Waals surface area (Å²) in [5, 5.41) is 12.1. The number of nitrogens with one attached hydrogen (secondary N) is 1. The minimum atomic E-state index is -0.0726. The van der Waals surface area contributed by atoms with Crippen LogP contribution >= 0.6 is 27.7 Å². The maximum atomic E-state index is 12.2. The van der Waals surface area contributed by atoms with E-state index in [0.717, 1.165) is 27.1 Å². The van der Waals surface area contributed by atoms with Crippen molar-refractivity contribution in [2.45, 2.75) is 19.0 Å². The van der Waals surface area contributed by atoms with Gasteiger partial charge in [-0.25, -0.2) is 0 Å². The first-order valence-corrected chi connectivity index (χ1v) is 9.87. The van der Waals surface area contributed by atoms with Crippen LogP contribution in [0.1, 0.15) is 11.1 Å². The molecule has 0 aliphatic rings. The first kappa shape index (κ1) is 18.7. The Labute approximate surface area is 165 Å². The third-order valence-corrected chi connectivity index (χ3v) is 5.83. The molecule has 134 valence electrons. The lowest BCUT2D eigenvalue weighted by Gasteiger charge is -2.07. The molecule has 26 heavy (non-hydrogen) atoms. The first-order chi connectivity index (χ1) is 12.4. The molecule has 0 aliphatic heterocycles. The number of amides is 1. The van der Waals surface area contributed by atoms with Gasteiger partial charge in [-0.1, -0.05) is 57.5 Å². The number of halogens is 1. The van der Waals surface area contributed by atoms with Gasteiger partial charge in [-0.3, -0.25) is 4.79 Å². The van der Waals surface area contributed by atoms with Crippen molar-refractivity contribution in [3.05, 3.63) is 58.1 Å². The van der Waals surface area contributed by atoms with Crippen LogP contribution in [-0.2, 0) is 11.8 Å². The Kier molecular flexibility index (Phi) is 5.78. The number of hydrogen-bond donors (Lipinski definition) is 1. The van der Waals surface area contributed by atoms with Gasteiger partial charge in [0.05, 0.1) is 5.75 Å². The van der Waals surface area contributed by atoms with Crippen LogP contribution in [0.4, 0.5) is 5.69 Å². The van der Waals surface area contributed by atoms with Crippen molar-refractivity contribution in [2.24, 2.45) is 7.05 Å². The van der Waals surface area contributed by atoms with Gasteiger partial charge in [0.15, 0.2) is 11.0 Å². The Morgan fingerprint density at radius 2 is 1.88 bits per heavy atom. The molecule has 7 heteroatoms. The molecule has 0 spiro atoms. The standard InChI is InChI=1S/C19H19BrN4OS/c1-12-4-6-14(7-5-12)18-22-23-19(24(18)3)26-11-17(25)21-15-8-9-16(20)13(2)10-15/h4-10H,11H2,1-3H3,(H,21,25). The average Bonchev–Trinajstić information content (AvgIpc) is 2.98. The molecular formula is C19H19BrN4OS. The summed E-state index contributed by atoms with van der Waals surface area (Å²) in [6, 6.07) is 13.9. The van der Waals surface area contributed by atoms with Gasteiger partial charge in [0.25, 0.3) is 0 Å². The zero-order valence-electron chi connectivity index (χ0n) is 14.8. The van der Waals surface area contributed by atoms with Crippen LogP contribution < -0.4 is 5.32 Å². The molecule has 2 aromatic carbocycles. The summed E-state index contributed by atoms with van der Waals surface area (Å²) in [6.07, 6.45) is 0. The Morgan fingerprint density at radius 3 is 2.58 bits per heavy atom. The molecule has 0 saturated carbocycles. The highest BCUT2D eigenvalue weighted by molar-refractivity contribution is 9.10. The van der Waals surface area contributed by atoms with Crippen molar-refractivity contribution >= 4 is 39.3 Å². The van der Waals surface area contributed by atoms with Gasteiger partial charge >= 0.3 is 0 Å². The number of carbonyl (C=O) groups excluding carboxylic acids is 1. The Morgan fingerprint density at radius 1 is 1.15 bits per heavy atom. The SMILES string of the molecule is Cc1ccc(-c2nnc(SCC(=O)Nc3ccc(Br)c(C)c3)n2C)cc1. The second kappa shape index (κ2) is 8.05. The van der Waals surface area contributed by atoms with Gasteiger partial charge in [-0.05, 0) is 37.6 Å². The molecule has 0 saturated heterocycles. The van der Waals surface area contributed by atoms with Crippen LogP contribution in [0.25, 0.3) is 11.4 Å². The van der Waals surface area contributed by atoms with E-state index in [9.17, 15) is 4.79 Å². The largest absolute Gasteiger partial charge is 0.325 e. The second-order valence-electron chi connectivity index (χ2n) is 6.03. The fourth-order valence-corrected chi connectivity index (χ4v) is 3.40. The normalized spacial score (nSPS) is 10.8. The van der Waals surface area contributed by atoms with Crippen molar-refractivity contribution < 1.29 is 4.79 Å². The summed E-state index contributed by atoms with van der Waals surface area (Å²) in [5.41, 5.74) is 4.07. The van der Waals surface area contributed by atoms with Crippen LogP contribution in [0, 0.1) is 13.8 Å². The van der Waals surface area contributed by atoms with E-state index in [1.807, 2.05) is 67.9 Å². The number of benzene rings is 2. The molecule has 0 radical (unpaired) electrons. The van der Waals surface area contributed by atoms with E-state index in [2.05, 4.69) is 31.4 Å². The van der Waals surface area contributed by atoms with Gasteiger partial charge in [0, 0.05) is 22.8 Å². The molecule has 0 bridgehead atoms. The smallest absolute Gasteiger partial charge is 0.234 e. The molecule has 1 heterocycles. The summed E-state index contributed by atoms with van der Waals surface area (Å²) in [5.74, 6) is 0.989. The maximum Gasteiger partial charge on any atom is 0.234 e. The Bertz CT molecular complexity index is 937. The lowest BCUT2D eigenvalue weighted by atomic mass is 10.1. The number of hydrogen-bond acceptors (Lipinski definition) is 4. The van der Waals surface area contributed by atoms with Crippen LogP contribution in [0.5, 0.6) is 0 Å². The molecule has 3 rings (SSSR count). The molecule has 0 aliphatic carbocycles. The lowest BCUT2D eigenvalue weighted by molar-refractivity contribution is -0.113. The molecule has 0 atom stereocenters. The highest BCUT2D eigenvalue weighted by Crippen LogP contribution is 2.24. The molecule has 0 unspecified atom stereocenters. The van der Waals surface area contributed by atoms with Crippen LogP contribution in [0.2, 0.25) is 0 Å². The summed E-state index contributed by atoms with van der Waals surface area (Å²) < 4.78 is 2.93. The Hall–Kier alpha value is -2.12. The number of aryl methyl sites for hydroxylation is 2. The van der Waals surface area contributed by atoms with Crippen molar-refractivity contribution in [1.29, 1.82) is 0 Å². The van der Waals surface area contributed by atoms with Gasteiger partial charge in [-0.15, -0.1) is 10.2 Å². The molecule has 5 nitrogen and oxygen atoms in total. The molecule has 1 N–H and O–H groups in total. The monoisotopic (exact) mass is 430 g/mol. The lowest BCUT2D eigenvalue weighted by Crippen LogP contribution is -2.14. The topological polar surface area (TPSA) is 59.8 Å². The quantitative estimate of drug-likeness (QED) is 0.601. The second-order valence-corrected chi connectivity index (χ2v) is 7.83. The van der Waals surface area contributed by atoms with E-state index in [4.69, 9.17) is 0 Å². The third-order valence-electron chi connectivity index (χ3n) is 3.92. The van der Waals surface area contributed by atoms with E-state index >= 15 is 0 Å². The first-order valence-electron chi connectivity index (χ1n) is 8.09. The fraction of sp³-hybridized carbons (Fsp3) is 0.211. The zero-order valence-corrected chi connectivity index (χ0v) is 17.2. The van der Waals surface area contributed by atoms with Crippen LogP contribution in [-0.4, -0.2) is 26.4 Å². The van der Waals surface area contributed by atoms with E-state index in [-0.39, 0.29) is 11.7 Å². The minimum Gasteiger partial charge on any atom is -0.325 e. The number of anilines is 1. The van der Waals surface area contributed by atoms with Crippen molar-refractivity contribution in [2.75, 3.05) is 11.1 Å². The van der Waals surface area contributed by atoms with Crippen LogP contribution in [0.15, 0.2) is 52.1 Å². The fourth-order valence-electron chi connectivity index (χ4n) is 2.44. The highest BCUT2D eigenvalue weighted by Gasteiger charge is 2.13. The number of rotatable bonds is 5. The molecule has 3 aromatic rings. The molecule has 1 aromatic heterocycles. The number of thioether (sulfide) groups is 1. The van der Waals surface area contributed by atoms with E-state index < -0.39 is 0 Å². The summed E-state index contributed by atoms with van der Waals surface area (Å²) in [4.78, 5) is 12.2. The third kappa shape index (κ3) is 4.34. The number of carbonyl (C=O) groups is 1. The number of aromatic nitrogens is 3. The van der Waals surface area contributed by atoms with Gasteiger partial charge in [0.2, 0.25) is 5.91 Å². The summed E-state index contributed by atoms with van der Waals surface area (Å²) >= 11 is 4.82. The molecular weight excluding hydrogens is 412 g/mol. The maximum absolute atomic E-state index is 12.2.